The van der Waals surface area contributed by atoms with Crippen molar-refractivity contribution in [2.24, 2.45) is 0 Å². The minimum atomic E-state index is -0.555. The van der Waals surface area contributed by atoms with E-state index in [1.165, 1.54) is 16.7 Å². The van der Waals surface area contributed by atoms with Crippen molar-refractivity contribution in [3.8, 4) is 5.69 Å². The van der Waals surface area contributed by atoms with E-state index in [0.717, 1.165) is 5.56 Å². The van der Waals surface area contributed by atoms with Gasteiger partial charge >= 0.3 is 0 Å². The topological polar surface area (TPSA) is 34.0 Å². The summed E-state index contributed by atoms with van der Waals surface area (Å²) in [6.07, 6.45) is 5.17. The van der Waals surface area contributed by atoms with Crippen LogP contribution in [0.2, 0.25) is 0 Å². The molecule has 1 N–H and O–H groups in total. The first-order valence-corrected chi connectivity index (χ1v) is 6.18. The van der Waals surface area contributed by atoms with Crippen LogP contribution in [0.5, 0.6) is 0 Å². The second-order valence-electron chi connectivity index (χ2n) is 4.20. The third-order valence-corrected chi connectivity index (χ3v) is 3.37. The van der Waals surface area contributed by atoms with E-state index in [1.54, 1.807) is 30.6 Å². The van der Waals surface area contributed by atoms with E-state index in [0.29, 0.717) is 11.3 Å². The number of aromatic nitrogens is 1. The van der Waals surface area contributed by atoms with E-state index >= 15 is 0 Å². The molecule has 19 heavy (non-hydrogen) atoms. The minimum absolute atomic E-state index is 0.207. The first-order valence-electron chi connectivity index (χ1n) is 5.75. The van der Waals surface area contributed by atoms with E-state index < -0.39 is 5.50 Å². The zero-order valence-electron chi connectivity index (χ0n) is 9.81. The smallest absolute Gasteiger partial charge is 0.262 e. The number of halogens is 2. The molecular weight excluding hydrogens is 267 g/mol. The summed E-state index contributed by atoms with van der Waals surface area (Å²) in [7, 11) is 0. The van der Waals surface area contributed by atoms with E-state index in [4.69, 9.17) is 11.6 Å². The van der Waals surface area contributed by atoms with Crippen LogP contribution in [0.4, 0.5) is 4.39 Å². The predicted molar refractivity (Wildman–Crippen MR) is 72.8 cm³/mol. The van der Waals surface area contributed by atoms with Gasteiger partial charge in [-0.15, -0.1) is 0 Å². The molecule has 3 nitrogen and oxygen atoms in total. The van der Waals surface area contributed by atoms with Gasteiger partial charge in [-0.05, 0) is 48.2 Å². The molecule has 0 spiro atoms. The lowest BCUT2D eigenvalue weighted by Gasteiger charge is -2.18. The largest absolute Gasteiger partial charge is 0.371 e. The zero-order valence-corrected chi connectivity index (χ0v) is 10.6. The molecule has 0 fully saturated rings. The lowest BCUT2D eigenvalue weighted by Crippen LogP contribution is -2.29. The van der Waals surface area contributed by atoms with Gasteiger partial charge in [-0.1, -0.05) is 11.6 Å². The first-order chi connectivity index (χ1) is 9.16. The molecule has 5 heteroatoms. The van der Waals surface area contributed by atoms with Crippen LogP contribution >= 0.6 is 11.6 Å². The Morgan fingerprint density at radius 1 is 1.21 bits per heavy atom. The summed E-state index contributed by atoms with van der Waals surface area (Å²) in [5.41, 5.74) is 1.13. The van der Waals surface area contributed by atoms with Crippen molar-refractivity contribution in [1.29, 1.82) is 0 Å². The van der Waals surface area contributed by atoms with Gasteiger partial charge in [0.25, 0.3) is 5.56 Å². The highest BCUT2D eigenvalue weighted by atomic mass is 35.5. The van der Waals surface area contributed by atoms with Gasteiger partial charge in [0.15, 0.2) is 0 Å². The van der Waals surface area contributed by atoms with Crippen molar-refractivity contribution in [3.63, 3.8) is 0 Å². The van der Waals surface area contributed by atoms with Gasteiger partial charge in [0.1, 0.15) is 11.3 Å². The van der Waals surface area contributed by atoms with Gasteiger partial charge in [0.2, 0.25) is 0 Å². The van der Waals surface area contributed by atoms with E-state index in [9.17, 15) is 9.18 Å². The normalized spacial score (nSPS) is 16.8. The number of nitrogens with one attached hydrogen (secondary N) is 1. The highest BCUT2D eigenvalue weighted by Crippen LogP contribution is 2.23. The molecule has 1 unspecified atom stereocenters. The fourth-order valence-corrected chi connectivity index (χ4v) is 2.37. The molecule has 0 saturated carbocycles. The van der Waals surface area contributed by atoms with Crippen LogP contribution in [0.3, 0.4) is 0 Å². The molecule has 3 rings (SSSR count). The van der Waals surface area contributed by atoms with Crippen molar-refractivity contribution in [1.82, 2.24) is 9.88 Å². The molecule has 1 aromatic carbocycles. The molecule has 0 saturated heterocycles. The SMILES string of the molecule is O=c1c2c(ccn1-c1ccc(F)cc1)C=CNC2Cl. The Labute approximate surface area is 113 Å². The molecule has 2 aromatic rings. The van der Waals surface area contributed by atoms with Crippen molar-refractivity contribution in [2.45, 2.75) is 5.50 Å². The number of pyridine rings is 1. The van der Waals surface area contributed by atoms with Crippen molar-refractivity contribution >= 4 is 17.7 Å². The van der Waals surface area contributed by atoms with Crippen LogP contribution in [0, 0.1) is 5.82 Å². The van der Waals surface area contributed by atoms with Gasteiger partial charge < -0.3 is 5.32 Å². The molecule has 0 radical (unpaired) electrons. The van der Waals surface area contributed by atoms with Crippen LogP contribution in [0.1, 0.15) is 16.6 Å². The summed E-state index contributed by atoms with van der Waals surface area (Å²) < 4.78 is 14.4. The molecule has 2 heterocycles. The second kappa shape index (κ2) is 4.55. The molecule has 1 aliphatic heterocycles. The fourth-order valence-electron chi connectivity index (χ4n) is 2.08. The average molecular weight is 277 g/mol. The molecule has 0 amide bonds. The van der Waals surface area contributed by atoms with Crippen molar-refractivity contribution < 1.29 is 4.39 Å². The number of benzene rings is 1. The number of fused-ring (bicyclic) bond motifs is 1. The molecule has 1 aromatic heterocycles. The Morgan fingerprint density at radius 3 is 2.68 bits per heavy atom. The molecule has 0 bridgehead atoms. The molecule has 1 atom stereocenters. The van der Waals surface area contributed by atoms with Gasteiger partial charge in [0.05, 0.1) is 5.56 Å². The Balaban J connectivity index is 2.19. The van der Waals surface area contributed by atoms with Crippen molar-refractivity contribution in [3.05, 3.63) is 70.0 Å². The average Bonchev–Trinajstić information content (AvgIpc) is 2.40. The van der Waals surface area contributed by atoms with Gasteiger partial charge in [-0.25, -0.2) is 4.39 Å². The van der Waals surface area contributed by atoms with E-state index in [2.05, 4.69) is 5.32 Å². The molecular formula is C14H10ClFN2O. The van der Waals surface area contributed by atoms with Crippen LogP contribution in [-0.2, 0) is 0 Å². The lowest BCUT2D eigenvalue weighted by molar-refractivity contribution is 0.627. The second-order valence-corrected chi connectivity index (χ2v) is 4.64. The third kappa shape index (κ3) is 2.04. The number of rotatable bonds is 1. The Hall–Kier alpha value is -2.07. The Morgan fingerprint density at radius 2 is 1.95 bits per heavy atom. The van der Waals surface area contributed by atoms with Crippen LogP contribution < -0.4 is 10.9 Å². The minimum Gasteiger partial charge on any atom is -0.371 e. The summed E-state index contributed by atoms with van der Waals surface area (Å²) >= 11 is 6.10. The van der Waals surface area contributed by atoms with E-state index in [-0.39, 0.29) is 11.4 Å². The van der Waals surface area contributed by atoms with Crippen LogP contribution in [0.25, 0.3) is 11.8 Å². The predicted octanol–water partition coefficient (Wildman–Crippen LogP) is 2.79. The van der Waals surface area contributed by atoms with Gasteiger partial charge in [0, 0.05) is 11.9 Å². The Kier molecular flexibility index (Phi) is 2.87. The first kappa shape index (κ1) is 12.0. The summed E-state index contributed by atoms with van der Waals surface area (Å²) in [5.74, 6) is -0.338. The summed E-state index contributed by atoms with van der Waals surface area (Å²) in [6.45, 7) is 0. The lowest BCUT2D eigenvalue weighted by atomic mass is 10.1. The molecule has 1 aliphatic rings. The quantitative estimate of drug-likeness (QED) is 0.642. The monoisotopic (exact) mass is 276 g/mol. The number of hydrogen-bond donors (Lipinski definition) is 1. The van der Waals surface area contributed by atoms with Crippen LogP contribution in [0.15, 0.2) is 47.5 Å². The molecule has 96 valence electrons. The van der Waals surface area contributed by atoms with Gasteiger partial charge in [-0.3, -0.25) is 9.36 Å². The summed E-state index contributed by atoms with van der Waals surface area (Å²) in [5, 5.41) is 2.88. The maximum Gasteiger partial charge on any atom is 0.262 e. The standard InChI is InChI=1S/C14H10ClFN2O/c15-13-12-9(5-7-17-13)6-8-18(14(12)19)11-3-1-10(16)2-4-11/h1-8,13,17H. The summed E-state index contributed by atoms with van der Waals surface area (Å²) in [6, 6.07) is 7.55. The van der Waals surface area contributed by atoms with Crippen molar-refractivity contribution in [2.75, 3.05) is 0 Å². The Bertz CT molecular complexity index is 706. The van der Waals surface area contributed by atoms with Gasteiger partial charge in [-0.2, -0.15) is 0 Å². The zero-order chi connectivity index (χ0) is 13.4. The highest BCUT2D eigenvalue weighted by molar-refractivity contribution is 6.21. The van der Waals surface area contributed by atoms with E-state index in [1.807, 2.05) is 6.07 Å². The highest BCUT2D eigenvalue weighted by Gasteiger charge is 2.19. The maximum absolute atomic E-state index is 12.9. The third-order valence-electron chi connectivity index (χ3n) is 3.03. The number of nitrogens with zero attached hydrogens (tertiary/aromatic N) is 1. The van der Waals surface area contributed by atoms with Crippen LogP contribution in [-0.4, -0.2) is 4.57 Å². The summed E-state index contributed by atoms with van der Waals surface area (Å²) in [4.78, 5) is 12.4. The number of alkyl halides is 1. The fraction of sp³-hybridized carbons (Fsp3) is 0.0714. The molecule has 0 aliphatic carbocycles. The number of hydrogen-bond acceptors (Lipinski definition) is 2. The maximum atomic E-state index is 12.9.